The van der Waals surface area contributed by atoms with Gasteiger partial charge in [-0.15, -0.1) is 0 Å². The van der Waals surface area contributed by atoms with E-state index in [2.05, 4.69) is 0 Å². The van der Waals surface area contributed by atoms with Crippen LogP contribution in [-0.4, -0.2) is 38.6 Å². The van der Waals surface area contributed by atoms with Crippen LogP contribution in [0.25, 0.3) is 0 Å². The zero-order valence-electron chi connectivity index (χ0n) is 13.6. The van der Waals surface area contributed by atoms with E-state index in [1.165, 1.54) is 0 Å². The lowest BCUT2D eigenvalue weighted by molar-refractivity contribution is -0.135. The highest BCUT2D eigenvalue weighted by molar-refractivity contribution is 5.79. The minimum Gasteiger partial charge on any atom is -0.493 e. The monoisotopic (exact) mass is 294 g/mol. The van der Waals surface area contributed by atoms with E-state index in [1.807, 2.05) is 32.0 Å². The van der Waals surface area contributed by atoms with Crippen LogP contribution >= 0.6 is 0 Å². The number of methoxy groups -OCH3 is 2. The minimum atomic E-state index is -0.161. The molecule has 0 fully saturated rings. The van der Waals surface area contributed by atoms with Crippen molar-refractivity contribution in [2.45, 2.75) is 20.4 Å². The maximum Gasteiger partial charge on any atom is 0.227 e. The summed E-state index contributed by atoms with van der Waals surface area (Å²) in [5.74, 6) is 1.43. The Morgan fingerprint density at radius 2 is 1.95 bits per heavy atom. The highest BCUT2D eigenvalue weighted by Gasteiger charge is 2.24. The zero-order chi connectivity index (χ0) is 16.0. The summed E-state index contributed by atoms with van der Waals surface area (Å²) in [6, 6.07) is 5.65. The Kier molecular flexibility index (Phi) is 6.49. The maximum absolute atomic E-state index is 12.4. The molecule has 0 aliphatic rings. The standard InChI is InChI=1S/C16H26N2O3/c1-11(2)13(9-17)16(19)18(3)10-12-7-6-8-14(20-4)15(12)21-5/h6-8,11,13H,9-10,17H2,1-5H3. The number of carbonyl (C=O) groups excluding carboxylic acids is 1. The number of para-hydroxylation sites is 1. The van der Waals surface area contributed by atoms with E-state index < -0.39 is 0 Å². The van der Waals surface area contributed by atoms with Gasteiger partial charge in [0.05, 0.1) is 20.1 Å². The summed E-state index contributed by atoms with van der Waals surface area (Å²) in [6.07, 6.45) is 0. The zero-order valence-corrected chi connectivity index (χ0v) is 13.6. The molecule has 0 aliphatic heterocycles. The number of ether oxygens (including phenoxy) is 2. The smallest absolute Gasteiger partial charge is 0.227 e. The third-order valence-corrected chi connectivity index (χ3v) is 3.64. The molecule has 1 aromatic carbocycles. The molecule has 1 atom stereocenters. The van der Waals surface area contributed by atoms with E-state index in [0.717, 1.165) is 5.56 Å². The SMILES string of the molecule is COc1cccc(CN(C)C(=O)C(CN)C(C)C)c1OC. The highest BCUT2D eigenvalue weighted by atomic mass is 16.5. The van der Waals surface area contributed by atoms with E-state index >= 15 is 0 Å². The number of amides is 1. The molecule has 0 heterocycles. The van der Waals surface area contributed by atoms with Gasteiger partial charge in [-0.2, -0.15) is 0 Å². The Balaban J connectivity index is 2.93. The quantitative estimate of drug-likeness (QED) is 0.834. The Bertz CT molecular complexity index is 475. The van der Waals surface area contributed by atoms with Crippen LogP contribution in [-0.2, 0) is 11.3 Å². The first kappa shape index (κ1) is 17.3. The van der Waals surface area contributed by atoms with Gasteiger partial charge in [0.25, 0.3) is 0 Å². The van der Waals surface area contributed by atoms with Crippen molar-refractivity contribution in [1.82, 2.24) is 4.90 Å². The first-order valence-corrected chi connectivity index (χ1v) is 7.11. The Labute approximate surface area is 127 Å². The van der Waals surface area contributed by atoms with Crippen LogP contribution < -0.4 is 15.2 Å². The third kappa shape index (κ3) is 4.11. The lowest BCUT2D eigenvalue weighted by Gasteiger charge is -2.26. The van der Waals surface area contributed by atoms with Crippen molar-refractivity contribution < 1.29 is 14.3 Å². The lowest BCUT2D eigenvalue weighted by atomic mass is 9.94. The number of nitrogens with zero attached hydrogens (tertiary/aromatic N) is 1. The van der Waals surface area contributed by atoms with Crippen molar-refractivity contribution in [3.63, 3.8) is 0 Å². The minimum absolute atomic E-state index is 0.0531. The van der Waals surface area contributed by atoms with Crippen LogP contribution in [0.3, 0.4) is 0 Å². The van der Waals surface area contributed by atoms with Gasteiger partial charge < -0.3 is 20.1 Å². The average molecular weight is 294 g/mol. The number of hydrogen-bond acceptors (Lipinski definition) is 4. The van der Waals surface area contributed by atoms with Gasteiger partial charge in [-0.3, -0.25) is 4.79 Å². The number of benzene rings is 1. The summed E-state index contributed by atoms with van der Waals surface area (Å²) in [4.78, 5) is 14.1. The van der Waals surface area contributed by atoms with Crippen molar-refractivity contribution in [2.75, 3.05) is 27.8 Å². The van der Waals surface area contributed by atoms with E-state index in [1.54, 1.807) is 26.2 Å². The molecule has 1 rings (SSSR count). The number of rotatable bonds is 7. The third-order valence-electron chi connectivity index (χ3n) is 3.64. The number of nitrogens with two attached hydrogens (primary N) is 1. The van der Waals surface area contributed by atoms with Crippen molar-refractivity contribution >= 4 is 5.91 Å². The first-order chi connectivity index (χ1) is 9.96. The molecule has 0 radical (unpaired) electrons. The summed E-state index contributed by atoms with van der Waals surface area (Å²) in [7, 11) is 4.98. The average Bonchev–Trinajstić information content (AvgIpc) is 2.46. The van der Waals surface area contributed by atoms with Crippen LogP contribution in [0, 0.1) is 11.8 Å². The molecule has 0 aromatic heterocycles. The van der Waals surface area contributed by atoms with E-state index in [-0.39, 0.29) is 17.7 Å². The molecule has 0 saturated heterocycles. The molecule has 0 saturated carbocycles. The van der Waals surface area contributed by atoms with Crippen molar-refractivity contribution in [2.24, 2.45) is 17.6 Å². The molecule has 1 aromatic rings. The van der Waals surface area contributed by atoms with Crippen molar-refractivity contribution in [3.05, 3.63) is 23.8 Å². The van der Waals surface area contributed by atoms with E-state index in [0.29, 0.717) is 24.6 Å². The van der Waals surface area contributed by atoms with Gasteiger partial charge in [-0.25, -0.2) is 0 Å². The van der Waals surface area contributed by atoms with Gasteiger partial charge in [0.15, 0.2) is 11.5 Å². The highest BCUT2D eigenvalue weighted by Crippen LogP contribution is 2.31. The molecule has 0 aliphatic carbocycles. The summed E-state index contributed by atoms with van der Waals surface area (Å²) >= 11 is 0. The van der Waals surface area contributed by atoms with Crippen LogP contribution in [0.4, 0.5) is 0 Å². The lowest BCUT2D eigenvalue weighted by Crippen LogP contribution is -2.38. The number of hydrogen-bond donors (Lipinski definition) is 1. The maximum atomic E-state index is 12.4. The van der Waals surface area contributed by atoms with Gasteiger partial charge in [-0.05, 0) is 12.0 Å². The molecule has 2 N–H and O–H groups in total. The molecular weight excluding hydrogens is 268 g/mol. The molecule has 1 amide bonds. The second kappa shape index (κ2) is 7.88. The van der Waals surface area contributed by atoms with Gasteiger partial charge in [0, 0.05) is 25.7 Å². The molecule has 118 valence electrons. The van der Waals surface area contributed by atoms with Gasteiger partial charge in [0.2, 0.25) is 5.91 Å². The van der Waals surface area contributed by atoms with Crippen molar-refractivity contribution in [3.8, 4) is 11.5 Å². The van der Waals surface area contributed by atoms with Crippen LogP contribution in [0.15, 0.2) is 18.2 Å². The molecule has 21 heavy (non-hydrogen) atoms. The fourth-order valence-electron chi connectivity index (χ4n) is 2.35. The summed E-state index contributed by atoms with van der Waals surface area (Å²) < 4.78 is 10.7. The van der Waals surface area contributed by atoms with Crippen LogP contribution in [0.5, 0.6) is 11.5 Å². The predicted molar refractivity (Wildman–Crippen MR) is 83.4 cm³/mol. The number of carbonyl (C=O) groups is 1. The predicted octanol–water partition coefficient (Wildman–Crippen LogP) is 1.89. The molecule has 0 spiro atoms. The second-order valence-electron chi connectivity index (χ2n) is 5.43. The molecule has 0 bridgehead atoms. The first-order valence-electron chi connectivity index (χ1n) is 7.11. The Morgan fingerprint density at radius 3 is 2.43 bits per heavy atom. The van der Waals surface area contributed by atoms with Crippen LogP contribution in [0.1, 0.15) is 19.4 Å². The normalized spacial score (nSPS) is 12.1. The Morgan fingerprint density at radius 1 is 1.29 bits per heavy atom. The molecule has 5 nitrogen and oxygen atoms in total. The topological polar surface area (TPSA) is 64.8 Å². The van der Waals surface area contributed by atoms with E-state index in [4.69, 9.17) is 15.2 Å². The largest absolute Gasteiger partial charge is 0.493 e. The summed E-state index contributed by atoms with van der Waals surface area (Å²) in [5, 5.41) is 0. The van der Waals surface area contributed by atoms with E-state index in [9.17, 15) is 4.79 Å². The van der Waals surface area contributed by atoms with Gasteiger partial charge in [0.1, 0.15) is 0 Å². The van der Waals surface area contributed by atoms with Crippen molar-refractivity contribution in [1.29, 1.82) is 0 Å². The molecular formula is C16H26N2O3. The fourth-order valence-corrected chi connectivity index (χ4v) is 2.35. The summed E-state index contributed by atoms with van der Waals surface area (Å²) in [6.45, 7) is 4.84. The molecule has 1 unspecified atom stereocenters. The molecule has 5 heteroatoms. The Hall–Kier alpha value is -1.75. The van der Waals surface area contributed by atoms with Crippen LogP contribution in [0.2, 0.25) is 0 Å². The van der Waals surface area contributed by atoms with Gasteiger partial charge in [-0.1, -0.05) is 26.0 Å². The second-order valence-corrected chi connectivity index (χ2v) is 5.43. The van der Waals surface area contributed by atoms with Gasteiger partial charge >= 0.3 is 0 Å². The fraction of sp³-hybridized carbons (Fsp3) is 0.562. The summed E-state index contributed by atoms with van der Waals surface area (Å²) in [5.41, 5.74) is 6.62.